The van der Waals surface area contributed by atoms with Crippen molar-refractivity contribution >= 4 is 16.1 Å². The zero-order chi connectivity index (χ0) is 20.1. The molecule has 1 saturated heterocycles. The van der Waals surface area contributed by atoms with E-state index in [1.165, 1.54) is 0 Å². The van der Waals surface area contributed by atoms with Crippen LogP contribution in [0, 0.1) is 0 Å². The van der Waals surface area contributed by atoms with E-state index in [1.807, 2.05) is 26.0 Å². The summed E-state index contributed by atoms with van der Waals surface area (Å²) in [4.78, 5) is 0.455. The van der Waals surface area contributed by atoms with Gasteiger partial charge in [0, 0.05) is 23.7 Å². The second-order valence-electron chi connectivity index (χ2n) is 9.53. The Hall–Kier alpha value is -1.33. The third-order valence-corrected chi connectivity index (χ3v) is 7.08. The molecule has 1 aliphatic rings. The normalized spacial score (nSPS) is 20.3. The lowest BCUT2D eigenvalue weighted by Crippen LogP contribution is -2.31. The molecule has 26 heavy (non-hydrogen) atoms. The maximum atomic E-state index is 12.8. The van der Waals surface area contributed by atoms with Crippen molar-refractivity contribution in [3.8, 4) is 5.75 Å². The van der Waals surface area contributed by atoms with Crippen molar-refractivity contribution in [2.45, 2.75) is 78.7 Å². The number of hydrogen-bond acceptors (Lipinski definition) is 3. The van der Waals surface area contributed by atoms with Gasteiger partial charge in [-0.2, -0.15) is 4.31 Å². The highest BCUT2D eigenvalue weighted by Crippen LogP contribution is 2.40. The van der Waals surface area contributed by atoms with Crippen LogP contribution in [0.1, 0.15) is 78.5 Å². The minimum absolute atomic E-state index is 0.0407. The predicted molar refractivity (Wildman–Crippen MR) is 109 cm³/mol. The molecule has 1 fully saturated rings. The van der Waals surface area contributed by atoms with Crippen molar-refractivity contribution in [2.24, 2.45) is 0 Å². The zero-order valence-corrected chi connectivity index (χ0v) is 18.2. The first kappa shape index (κ1) is 21.0. The molecular weight excluding hydrogens is 346 g/mol. The second kappa shape index (κ2) is 6.68. The molecule has 1 N–H and O–H groups in total. The Labute approximate surface area is 159 Å². The molecule has 0 aromatic heterocycles. The first-order valence-electron chi connectivity index (χ1n) is 9.26. The van der Waals surface area contributed by atoms with Gasteiger partial charge in [0.05, 0.1) is 4.91 Å². The van der Waals surface area contributed by atoms with Gasteiger partial charge in [0.25, 0.3) is 0 Å². The molecule has 5 heteroatoms. The van der Waals surface area contributed by atoms with Crippen LogP contribution in [-0.4, -0.2) is 30.4 Å². The van der Waals surface area contributed by atoms with Crippen LogP contribution in [0.2, 0.25) is 0 Å². The summed E-state index contributed by atoms with van der Waals surface area (Å²) in [6.45, 7) is 16.7. The van der Waals surface area contributed by atoms with E-state index in [2.05, 4.69) is 41.5 Å². The van der Waals surface area contributed by atoms with Gasteiger partial charge in [0.2, 0.25) is 10.0 Å². The smallest absolute Gasteiger partial charge is 0.239 e. The van der Waals surface area contributed by atoms with Crippen LogP contribution in [0.5, 0.6) is 5.75 Å². The van der Waals surface area contributed by atoms with Crippen LogP contribution >= 0.6 is 0 Å². The van der Waals surface area contributed by atoms with Crippen LogP contribution in [0.3, 0.4) is 0 Å². The third kappa shape index (κ3) is 3.99. The lowest BCUT2D eigenvalue weighted by molar-refractivity contribution is 0.381. The van der Waals surface area contributed by atoms with Gasteiger partial charge >= 0.3 is 0 Å². The molecule has 0 saturated carbocycles. The average molecular weight is 380 g/mol. The highest BCUT2D eigenvalue weighted by Gasteiger charge is 2.35. The molecule has 1 aromatic carbocycles. The summed E-state index contributed by atoms with van der Waals surface area (Å²) in [6.07, 6.45) is 2.30. The molecule has 0 bridgehead atoms. The summed E-state index contributed by atoms with van der Waals surface area (Å²) in [6, 6.07) is 3.80. The fourth-order valence-corrected chi connectivity index (χ4v) is 5.19. The first-order chi connectivity index (χ1) is 11.7. The number of rotatable bonds is 2. The topological polar surface area (TPSA) is 57.6 Å². The summed E-state index contributed by atoms with van der Waals surface area (Å²) in [5, 5.41) is 10.8. The highest BCUT2D eigenvalue weighted by molar-refractivity contribution is 7.93. The van der Waals surface area contributed by atoms with E-state index in [0.29, 0.717) is 23.6 Å². The minimum Gasteiger partial charge on any atom is -0.507 e. The Kier molecular flexibility index (Phi) is 5.39. The van der Waals surface area contributed by atoms with Crippen LogP contribution in [0.25, 0.3) is 6.08 Å². The van der Waals surface area contributed by atoms with Crippen LogP contribution in [0.15, 0.2) is 17.0 Å². The zero-order valence-electron chi connectivity index (χ0n) is 17.3. The number of nitrogens with zero attached hydrogens (tertiary/aromatic N) is 1. The van der Waals surface area contributed by atoms with E-state index in [0.717, 1.165) is 16.7 Å². The van der Waals surface area contributed by atoms with E-state index in [4.69, 9.17) is 0 Å². The lowest BCUT2D eigenvalue weighted by Gasteiger charge is -2.28. The highest BCUT2D eigenvalue weighted by atomic mass is 32.2. The summed E-state index contributed by atoms with van der Waals surface area (Å²) in [5.41, 5.74) is 2.04. The third-order valence-electron chi connectivity index (χ3n) is 4.87. The number of hydrogen-bond donors (Lipinski definition) is 1. The molecule has 2 rings (SSSR count). The van der Waals surface area contributed by atoms with Gasteiger partial charge < -0.3 is 5.11 Å². The van der Waals surface area contributed by atoms with Gasteiger partial charge in [-0.15, -0.1) is 0 Å². The molecule has 0 radical (unpaired) electrons. The van der Waals surface area contributed by atoms with Crippen molar-refractivity contribution < 1.29 is 13.5 Å². The summed E-state index contributed by atoms with van der Waals surface area (Å²) < 4.78 is 27.1. The SMILES string of the molecule is CC(C)N1CCC(=Cc2cc(C(C)(C)C)c(O)c(C(C)(C)C)c2)S1(=O)=O. The van der Waals surface area contributed by atoms with Crippen LogP contribution < -0.4 is 0 Å². The Bertz CT molecular complexity index is 787. The molecule has 0 atom stereocenters. The molecule has 0 aliphatic carbocycles. The van der Waals surface area contributed by atoms with Gasteiger partial charge in [0.1, 0.15) is 5.75 Å². The maximum absolute atomic E-state index is 12.8. The molecule has 1 aliphatic heterocycles. The van der Waals surface area contributed by atoms with E-state index >= 15 is 0 Å². The Morgan fingerprint density at radius 3 is 1.85 bits per heavy atom. The molecule has 146 valence electrons. The van der Waals surface area contributed by atoms with Crippen molar-refractivity contribution in [1.82, 2.24) is 4.31 Å². The van der Waals surface area contributed by atoms with Crippen molar-refractivity contribution in [3.05, 3.63) is 33.7 Å². The summed E-state index contributed by atoms with van der Waals surface area (Å²) in [7, 11) is -3.40. The van der Waals surface area contributed by atoms with Crippen LogP contribution in [-0.2, 0) is 20.9 Å². The molecular formula is C21H33NO3S. The monoisotopic (exact) mass is 379 g/mol. The average Bonchev–Trinajstić information content (AvgIpc) is 2.73. The van der Waals surface area contributed by atoms with Gasteiger partial charge in [0.15, 0.2) is 0 Å². The van der Waals surface area contributed by atoms with Crippen molar-refractivity contribution in [2.75, 3.05) is 6.54 Å². The number of phenolic OH excluding ortho intramolecular Hbond substituents is 1. The van der Waals surface area contributed by atoms with E-state index in [1.54, 1.807) is 10.4 Å². The number of aromatic hydroxyl groups is 1. The number of benzene rings is 1. The Morgan fingerprint density at radius 1 is 1.04 bits per heavy atom. The maximum Gasteiger partial charge on any atom is 0.239 e. The number of sulfonamides is 1. The summed E-state index contributed by atoms with van der Waals surface area (Å²) in [5.74, 6) is 0.310. The fourth-order valence-electron chi connectivity index (χ4n) is 3.37. The van der Waals surface area contributed by atoms with Crippen molar-refractivity contribution in [3.63, 3.8) is 0 Å². The van der Waals surface area contributed by atoms with Gasteiger partial charge in [-0.25, -0.2) is 8.42 Å². The molecule has 1 aromatic rings. The molecule has 4 nitrogen and oxygen atoms in total. The lowest BCUT2D eigenvalue weighted by atomic mass is 9.78. The van der Waals surface area contributed by atoms with E-state index in [-0.39, 0.29) is 16.9 Å². The quantitative estimate of drug-likeness (QED) is 0.805. The molecule has 0 unspecified atom stereocenters. The first-order valence-corrected chi connectivity index (χ1v) is 10.7. The Balaban J connectivity index is 2.65. The fraction of sp³-hybridized carbons (Fsp3) is 0.619. The van der Waals surface area contributed by atoms with Gasteiger partial charge in [-0.05, 0) is 54.9 Å². The largest absolute Gasteiger partial charge is 0.507 e. The van der Waals surface area contributed by atoms with Gasteiger partial charge in [-0.1, -0.05) is 41.5 Å². The van der Waals surface area contributed by atoms with E-state index < -0.39 is 10.0 Å². The van der Waals surface area contributed by atoms with Crippen LogP contribution in [0.4, 0.5) is 0 Å². The standard InChI is InChI=1S/C21H33NO3S/c1-14(2)22-10-9-16(26(22,24)25)11-15-12-17(20(3,4)5)19(23)18(13-15)21(6,7)8/h11-14,23H,9-10H2,1-8H3. The van der Waals surface area contributed by atoms with E-state index in [9.17, 15) is 13.5 Å². The Morgan fingerprint density at radius 2 is 1.50 bits per heavy atom. The summed E-state index contributed by atoms with van der Waals surface area (Å²) >= 11 is 0. The molecule has 1 heterocycles. The second-order valence-corrected chi connectivity index (χ2v) is 11.5. The molecule has 0 spiro atoms. The van der Waals surface area contributed by atoms with Gasteiger partial charge in [-0.3, -0.25) is 0 Å². The van der Waals surface area contributed by atoms with Crippen molar-refractivity contribution in [1.29, 1.82) is 0 Å². The minimum atomic E-state index is -3.40. The number of phenols is 1. The molecule has 0 amide bonds. The predicted octanol–water partition coefficient (Wildman–Crippen LogP) is 4.77.